The van der Waals surface area contributed by atoms with Crippen molar-refractivity contribution in [1.82, 2.24) is 0 Å². The summed E-state index contributed by atoms with van der Waals surface area (Å²) in [7, 11) is 0. The van der Waals surface area contributed by atoms with Crippen LogP contribution in [0.25, 0.3) is 0 Å². The SMILES string of the molecule is C=C/C=C\C(=C(C)C)C1CCCC1C(N)c1ccccc1. The van der Waals surface area contributed by atoms with Crippen molar-refractivity contribution >= 4 is 0 Å². The molecule has 1 aromatic rings. The van der Waals surface area contributed by atoms with Crippen LogP contribution in [0.15, 0.2) is 66.3 Å². The van der Waals surface area contributed by atoms with Gasteiger partial charge in [0.1, 0.15) is 0 Å². The van der Waals surface area contributed by atoms with Crippen molar-refractivity contribution in [3.8, 4) is 0 Å². The van der Waals surface area contributed by atoms with Crippen LogP contribution in [0, 0.1) is 11.8 Å². The van der Waals surface area contributed by atoms with Crippen molar-refractivity contribution in [3.63, 3.8) is 0 Å². The topological polar surface area (TPSA) is 26.0 Å². The molecule has 0 aliphatic heterocycles. The highest BCUT2D eigenvalue weighted by molar-refractivity contribution is 5.31. The maximum Gasteiger partial charge on any atom is 0.0329 e. The molecule has 0 aromatic heterocycles. The summed E-state index contributed by atoms with van der Waals surface area (Å²) in [5.74, 6) is 1.10. The largest absolute Gasteiger partial charge is 0.324 e. The monoisotopic (exact) mass is 281 g/mol. The minimum atomic E-state index is 0.130. The second-order valence-electron chi connectivity index (χ2n) is 6.19. The average molecular weight is 281 g/mol. The van der Waals surface area contributed by atoms with Crippen molar-refractivity contribution in [2.24, 2.45) is 17.6 Å². The Bertz CT molecular complexity index is 520. The summed E-state index contributed by atoms with van der Waals surface area (Å²) in [6.07, 6.45) is 9.86. The van der Waals surface area contributed by atoms with Crippen LogP contribution in [0.5, 0.6) is 0 Å². The van der Waals surface area contributed by atoms with Gasteiger partial charge in [-0.05, 0) is 49.7 Å². The fraction of sp³-hybridized carbons (Fsp3) is 0.400. The van der Waals surface area contributed by atoms with Gasteiger partial charge in [0, 0.05) is 6.04 Å². The molecule has 3 atom stereocenters. The molecule has 1 aromatic carbocycles. The Balaban J connectivity index is 2.25. The van der Waals surface area contributed by atoms with Gasteiger partial charge in [-0.15, -0.1) is 0 Å². The Hall–Kier alpha value is -1.60. The molecular formula is C20H27N. The predicted octanol–water partition coefficient (Wildman–Crippen LogP) is 5.18. The van der Waals surface area contributed by atoms with E-state index in [0.717, 1.165) is 0 Å². The average Bonchev–Trinajstić information content (AvgIpc) is 2.96. The molecular weight excluding hydrogens is 254 g/mol. The molecule has 1 nitrogen and oxygen atoms in total. The van der Waals surface area contributed by atoms with E-state index >= 15 is 0 Å². The van der Waals surface area contributed by atoms with Crippen LogP contribution in [0.2, 0.25) is 0 Å². The molecule has 0 spiro atoms. The third kappa shape index (κ3) is 3.74. The Morgan fingerprint density at radius 3 is 2.57 bits per heavy atom. The van der Waals surface area contributed by atoms with E-state index in [1.54, 1.807) is 0 Å². The third-order valence-corrected chi connectivity index (χ3v) is 4.60. The summed E-state index contributed by atoms with van der Waals surface area (Å²) < 4.78 is 0. The van der Waals surface area contributed by atoms with Crippen LogP contribution < -0.4 is 5.73 Å². The van der Waals surface area contributed by atoms with Gasteiger partial charge in [-0.25, -0.2) is 0 Å². The lowest BCUT2D eigenvalue weighted by Gasteiger charge is -2.28. The zero-order chi connectivity index (χ0) is 15.2. The summed E-state index contributed by atoms with van der Waals surface area (Å²) in [4.78, 5) is 0. The molecule has 2 N–H and O–H groups in total. The fourth-order valence-electron chi connectivity index (χ4n) is 3.56. The molecule has 2 rings (SSSR count). The maximum absolute atomic E-state index is 6.59. The van der Waals surface area contributed by atoms with Crippen LogP contribution >= 0.6 is 0 Å². The first kappa shape index (κ1) is 15.8. The normalized spacial score (nSPS) is 23.2. The Morgan fingerprint density at radius 2 is 1.95 bits per heavy atom. The van der Waals surface area contributed by atoms with Crippen LogP contribution in [0.1, 0.15) is 44.7 Å². The molecule has 21 heavy (non-hydrogen) atoms. The lowest BCUT2D eigenvalue weighted by molar-refractivity contribution is 0.369. The number of benzene rings is 1. The lowest BCUT2D eigenvalue weighted by Crippen LogP contribution is -2.25. The van der Waals surface area contributed by atoms with E-state index < -0.39 is 0 Å². The molecule has 0 heterocycles. The van der Waals surface area contributed by atoms with E-state index in [1.165, 1.54) is 36.0 Å². The molecule has 3 unspecified atom stereocenters. The first-order valence-electron chi connectivity index (χ1n) is 7.92. The van der Waals surface area contributed by atoms with Gasteiger partial charge in [0.15, 0.2) is 0 Å². The van der Waals surface area contributed by atoms with Crippen LogP contribution in [-0.2, 0) is 0 Å². The molecule has 0 bridgehead atoms. The molecule has 1 saturated carbocycles. The number of rotatable bonds is 5. The second-order valence-corrected chi connectivity index (χ2v) is 6.19. The zero-order valence-corrected chi connectivity index (χ0v) is 13.3. The van der Waals surface area contributed by atoms with Gasteiger partial charge in [0.05, 0.1) is 0 Å². The van der Waals surface area contributed by atoms with E-state index in [1.807, 2.05) is 12.2 Å². The summed E-state index contributed by atoms with van der Waals surface area (Å²) in [6, 6.07) is 10.7. The maximum atomic E-state index is 6.59. The molecule has 112 valence electrons. The summed E-state index contributed by atoms with van der Waals surface area (Å²) in [6.45, 7) is 8.19. The molecule has 1 fully saturated rings. The third-order valence-electron chi connectivity index (χ3n) is 4.60. The van der Waals surface area contributed by atoms with Gasteiger partial charge in [-0.1, -0.05) is 67.1 Å². The highest BCUT2D eigenvalue weighted by Gasteiger charge is 2.34. The minimum Gasteiger partial charge on any atom is -0.324 e. The van der Waals surface area contributed by atoms with Gasteiger partial charge in [0.25, 0.3) is 0 Å². The highest BCUT2D eigenvalue weighted by atomic mass is 14.7. The molecule has 1 aliphatic rings. The number of allylic oxidation sites excluding steroid dienone is 5. The Morgan fingerprint density at radius 1 is 1.24 bits per heavy atom. The van der Waals surface area contributed by atoms with Crippen LogP contribution in [-0.4, -0.2) is 0 Å². The fourth-order valence-corrected chi connectivity index (χ4v) is 3.56. The van der Waals surface area contributed by atoms with Gasteiger partial charge >= 0.3 is 0 Å². The lowest BCUT2D eigenvalue weighted by atomic mass is 9.80. The molecule has 0 radical (unpaired) electrons. The van der Waals surface area contributed by atoms with Gasteiger partial charge < -0.3 is 5.73 Å². The van der Waals surface area contributed by atoms with E-state index in [4.69, 9.17) is 5.73 Å². The second kappa shape index (κ2) is 7.42. The quantitative estimate of drug-likeness (QED) is 0.739. The predicted molar refractivity (Wildman–Crippen MR) is 91.9 cm³/mol. The molecule has 1 heteroatoms. The van der Waals surface area contributed by atoms with Gasteiger partial charge in [-0.2, -0.15) is 0 Å². The minimum absolute atomic E-state index is 0.130. The number of hydrogen-bond acceptors (Lipinski definition) is 1. The van der Waals surface area contributed by atoms with Crippen molar-refractivity contribution in [3.05, 3.63) is 71.8 Å². The van der Waals surface area contributed by atoms with Gasteiger partial charge in [0.2, 0.25) is 0 Å². The standard InChI is InChI=1S/C20H27N/c1-4-5-12-17(15(2)3)18-13-9-14-19(18)20(21)16-10-7-6-8-11-16/h4-8,10-12,18-20H,1,9,13-14,21H2,2-3H3/b12-5-. The smallest absolute Gasteiger partial charge is 0.0329 e. The summed E-state index contributed by atoms with van der Waals surface area (Å²) in [5, 5.41) is 0. The molecule has 0 saturated heterocycles. The zero-order valence-electron chi connectivity index (χ0n) is 13.3. The highest BCUT2D eigenvalue weighted by Crippen LogP contribution is 2.44. The van der Waals surface area contributed by atoms with Crippen LogP contribution in [0.4, 0.5) is 0 Å². The first-order valence-corrected chi connectivity index (χ1v) is 7.92. The Kier molecular flexibility index (Phi) is 5.58. The number of hydrogen-bond donors (Lipinski definition) is 1. The molecule has 1 aliphatic carbocycles. The summed E-state index contributed by atoms with van der Waals surface area (Å²) >= 11 is 0. The van der Waals surface area contributed by atoms with Crippen molar-refractivity contribution in [1.29, 1.82) is 0 Å². The number of nitrogens with two attached hydrogens (primary N) is 1. The van der Waals surface area contributed by atoms with E-state index in [-0.39, 0.29) is 6.04 Å². The molecule has 0 amide bonds. The van der Waals surface area contributed by atoms with Crippen molar-refractivity contribution in [2.75, 3.05) is 0 Å². The Labute approximate surface area is 129 Å². The summed E-state index contributed by atoms with van der Waals surface area (Å²) in [5.41, 5.74) is 10.7. The van der Waals surface area contributed by atoms with Crippen molar-refractivity contribution in [2.45, 2.75) is 39.2 Å². The van der Waals surface area contributed by atoms with E-state index in [0.29, 0.717) is 11.8 Å². The van der Waals surface area contributed by atoms with Crippen LogP contribution in [0.3, 0.4) is 0 Å². The van der Waals surface area contributed by atoms with Crippen molar-refractivity contribution < 1.29 is 0 Å². The van der Waals surface area contributed by atoms with E-state index in [9.17, 15) is 0 Å². The van der Waals surface area contributed by atoms with E-state index in [2.05, 4.69) is 56.8 Å². The first-order chi connectivity index (χ1) is 10.1. The van der Waals surface area contributed by atoms with Gasteiger partial charge in [-0.3, -0.25) is 0 Å².